The Morgan fingerprint density at radius 2 is 1.90 bits per heavy atom. The average molecular weight is 406 g/mol. The van der Waals surface area contributed by atoms with Gasteiger partial charge in [-0.2, -0.15) is 5.10 Å². The molecule has 2 amide bonds. The Kier molecular flexibility index (Phi) is 6.27. The topological polar surface area (TPSA) is 80.4 Å². The van der Waals surface area contributed by atoms with E-state index in [0.717, 1.165) is 31.5 Å². The van der Waals surface area contributed by atoms with E-state index in [0.29, 0.717) is 25.1 Å². The molecule has 1 aromatic carbocycles. The molecule has 0 saturated carbocycles. The molecule has 1 saturated heterocycles. The van der Waals surface area contributed by atoms with E-state index in [-0.39, 0.29) is 17.9 Å². The van der Waals surface area contributed by atoms with Crippen LogP contribution < -0.4 is 5.32 Å². The summed E-state index contributed by atoms with van der Waals surface area (Å²) in [6, 6.07) is 13.9. The Balaban J connectivity index is 1.27. The second kappa shape index (κ2) is 9.43. The monoisotopic (exact) mass is 406 g/mol. The Bertz CT molecular complexity index is 958. The van der Waals surface area contributed by atoms with Crippen molar-refractivity contribution in [1.82, 2.24) is 14.7 Å². The van der Waals surface area contributed by atoms with Gasteiger partial charge in [-0.25, -0.2) is 4.68 Å². The number of piperidine rings is 1. The van der Waals surface area contributed by atoms with Crippen LogP contribution >= 0.6 is 0 Å². The molecule has 4 rings (SSSR count). The normalized spacial score (nSPS) is 14.6. The van der Waals surface area contributed by atoms with Crippen molar-refractivity contribution in [2.75, 3.05) is 18.4 Å². The van der Waals surface area contributed by atoms with Crippen LogP contribution in [0.25, 0.3) is 0 Å². The second-order valence-electron chi connectivity index (χ2n) is 7.58. The first kappa shape index (κ1) is 19.9. The van der Waals surface area contributed by atoms with Gasteiger partial charge in [-0.3, -0.25) is 9.59 Å². The van der Waals surface area contributed by atoms with Crippen LogP contribution in [0.4, 0.5) is 5.82 Å². The van der Waals surface area contributed by atoms with Gasteiger partial charge in [-0.15, -0.1) is 0 Å². The highest BCUT2D eigenvalue weighted by atomic mass is 16.3. The van der Waals surface area contributed by atoms with Crippen molar-refractivity contribution in [1.29, 1.82) is 0 Å². The smallest absolute Gasteiger partial charge is 0.257 e. The van der Waals surface area contributed by atoms with Gasteiger partial charge in [0.2, 0.25) is 5.91 Å². The molecule has 0 bridgehead atoms. The first-order chi connectivity index (χ1) is 14.7. The number of hydrogen-bond donors (Lipinski definition) is 1. The Morgan fingerprint density at radius 1 is 1.10 bits per heavy atom. The van der Waals surface area contributed by atoms with Gasteiger partial charge in [0.1, 0.15) is 12.1 Å². The van der Waals surface area contributed by atoms with Crippen LogP contribution in [-0.4, -0.2) is 39.6 Å². The van der Waals surface area contributed by atoms with Crippen molar-refractivity contribution < 1.29 is 14.0 Å². The number of aryl methyl sites for hydroxylation is 1. The van der Waals surface area contributed by atoms with Gasteiger partial charge in [0.05, 0.1) is 24.1 Å². The van der Waals surface area contributed by atoms with Crippen molar-refractivity contribution >= 4 is 17.6 Å². The molecule has 0 atom stereocenters. The van der Waals surface area contributed by atoms with E-state index in [9.17, 15) is 9.59 Å². The van der Waals surface area contributed by atoms with Gasteiger partial charge in [0.25, 0.3) is 5.91 Å². The third kappa shape index (κ3) is 4.79. The number of carbonyl (C=O) groups is 2. The molecule has 7 nitrogen and oxygen atoms in total. The molecule has 156 valence electrons. The third-order valence-corrected chi connectivity index (χ3v) is 5.52. The summed E-state index contributed by atoms with van der Waals surface area (Å²) in [5, 5.41) is 7.42. The number of anilines is 1. The fourth-order valence-electron chi connectivity index (χ4n) is 3.89. The van der Waals surface area contributed by atoms with Crippen molar-refractivity contribution in [3.63, 3.8) is 0 Å². The summed E-state index contributed by atoms with van der Waals surface area (Å²) in [5.74, 6) is 0.717. The fourth-order valence-corrected chi connectivity index (χ4v) is 3.89. The summed E-state index contributed by atoms with van der Waals surface area (Å²) in [6.07, 6.45) is 8.45. The van der Waals surface area contributed by atoms with Crippen molar-refractivity contribution in [3.05, 3.63) is 72.3 Å². The van der Waals surface area contributed by atoms with E-state index in [4.69, 9.17) is 4.42 Å². The number of amides is 2. The molecule has 30 heavy (non-hydrogen) atoms. The maximum Gasteiger partial charge on any atom is 0.257 e. The standard InChI is InChI=1S/C23H26N4O3/c28-22(8-4-7-18-5-2-1-3-6-18)25-21-9-13-24-27(21)20-10-14-26(15-11-20)23(29)19-12-16-30-17-19/h1-3,5-6,9,12-13,16-17,20H,4,7-8,10-11,14-15H2,(H,25,28). The molecule has 3 aromatic rings. The summed E-state index contributed by atoms with van der Waals surface area (Å²) >= 11 is 0. The number of rotatable bonds is 7. The summed E-state index contributed by atoms with van der Waals surface area (Å²) < 4.78 is 6.89. The van der Waals surface area contributed by atoms with Gasteiger partial charge in [0.15, 0.2) is 0 Å². The van der Waals surface area contributed by atoms with Gasteiger partial charge < -0.3 is 14.6 Å². The average Bonchev–Trinajstić information content (AvgIpc) is 3.47. The Labute approximate surface area is 175 Å². The minimum absolute atomic E-state index is 0.000234. The lowest BCUT2D eigenvalue weighted by atomic mass is 10.0. The summed E-state index contributed by atoms with van der Waals surface area (Å²) in [4.78, 5) is 26.7. The quantitative estimate of drug-likeness (QED) is 0.645. The van der Waals surface area contributed by atoms with Gasteiger partial charge in [0, 0.05) is 25.6 Å². The molecule has 0 unspecified atom stereocenters. The van der Waals surface area contributed by atoms with Crippen LogP contribution in [0.1, 0.15) is 47.6 Å². The number of aromatic nitrogens is 2. The lowest BCUT2D eigenvalue weighted by Gasteiger charge is -2.32. The Morgan fingerprint density at radius 3 is 2.63 bits per heavy atom. The molecule has 1 N–H and O–H groups in total. The zero-order chi connectivity index (χ0) is 20.8. The first-order valence-corrected chi connectivity index (χ1v) is 10.4. The molecular formula is C23H26N4O3. The van der Waals surface area contributed by atoms with Crippen LogP contribution in [0.5, 0.6) is 0 Å². The van der Waals surface area contributed by atoms with Gasteiger partial charge in [-0.1, -0.05) is 30.3 Å². The second-order valence-corrected chi connectivity index (χ2v) is 7.58. The van der Waals surface area contributed by atoms with E-state index in [1.807, 2.05) is 33.8 Å². The molecule has 1 aliphatic heterocycles. The van der Waals surface area contributed by atoms with E-state index in [1.165, 1.54) is 18.1 Å². The molecule has 1 aliphatic rings. The number of furan rings is 1. The van der Waals surface area contributed by atoms with Crippen molar-refractivity contribution in [3.8, 4) is 0 Å². The summed E-state index contributed by atoms with van der Waals surface area (Å²) in [5.41, 5.74) is 1.82. The predicted molar refractivity (Wildman–Crippen MR) is 113 cm³/mol. The maximum absolute atomic E-state index is 12.5. The lowest BCUT2D eigenvalue weighted by molar-refractivity contribution is -0.116. The highest BCUT2D eigenvalue weighted by Gasteiger charge is 2.26. The van der Waals surface area contributed by atoms with E-state index < -0.39 is 0 Å². The number of likely N-dealkylation sites (tertiary alicyclic amines) is 1. The molecule has 2 aromatic heterocycles. The molecule has 1 fully saturated rings. The molecular weight excluding hydrogens is 380 g/mol. The number of nitrogens with one attached hydrogen (secondary N) is 1. The number of nitrogens with zero attached hydrogens (tertiary/aromatic N) is 3. The molecule has 0 spiro atoms. The highest BCUT2D eigenvalue weighted by molar-refractivity contribution is 5.93. The van der Waals surface area contributed by atoms with E-state index in [2.05, 4.69) is 22.5 Å². The van der Waals surface area contributed by atoms with Crippen molar-refractivity contribution in [2.45, 2.75) is 38.1 Å². The fraction of sp³-hybridized carbons (Fsp3) is 0.348. The first-order valence-electron chi connectivity index (χ1n) is 10.4. The van der Waals surface area contributed by atoms with Crippen molar-refractivity contribution in [2.24, 2.45) is 0 Å². The van der Waals surface area contributed by atoms with Gasteiger partial charge >= 0.3 is 0 Å². The SMILES string of the molecule is O=C(CCCc1ccccc1)Nc1ccnn1C1CCN(C(=O)c2ccoc2)CC1. The van der Waals surface area contributed by atoms with Crippen LogP contribution in [0.2, 0.25) is 0 Å². The number of benzene rings is 1. The van der Waals surface area contributed by atoms with Gasteiger partial charge in [-0.05, 0) is 37.3 Å². The van der Waals surface area contributed by atoms with Crippen LogP contribution in [-0.2, 0) is 11.2 Å². The minimum Gasteiger partial charge on any atom is -0.472 e. The maximum atomic E-state index is 12.5. The predicted octanol–water partition coefficient (Wildman–Crippen LogP) is 3.91. The van der Waals surface area contributed by atoms with Crippen LogP contribution in [0.3, 0.4) is 0 Å². The number of carbonyl (C=O) groups excluding carboxylic acids is 2. The lowest BCUT2D eigenvalue weighted by Crippen LogP contribution is -2.39. The number of hydrogen-bond acceptors (Lipinski definition) is 4. The largest absolute Gasteiger partial charge is 0.472 e. The molecule has 0 aliphatic carbocycles. The van der Waals surface area contributed by atoms with Crippen LogP contribution in [0, 0.1) is 0 Å². The zero-order valence-electron chi connectivity index (χ0n) is 16.9. The van der Waals surface area contributed by atoms with Crippen LogP contribution in [0.15, 0.2) is 65.6 Å². The minimum atomic E-state index is -0.00499. The molecule has 0 radical (unpaired) electrons. The third-order valence-electron chi connectivity index (χ3n) is 5.52. The van der Waals surface area contributed by atoms with E-state index in [1.54, 1.807) is 12.3 Å². The zero-order valence-corrected chi connectivity index (χ0v) is 16.9. The highest BCUT2D eigenvalue weighted by Crippen LogP contribution is 2.26. The molecule has 7 heteroatoms. The summed E-state index contributed by atoms with van der Waals surface area (Å²) in [7, 11) is 0. The Hall–Kier alpha value is -3.35. The van der Waals surface area contributed by atoms with E-state index >= 15 is 0 Å². The molecule has 3 heterocycles. The summed E-state index contributed by atoms with van der Waals surface area (Å²) in [6.45, 7) is 1.30.